The topological polar surface area (TPSA) is 329 Å². The minimum Gasteiger partial charge on any atom is -0.282 e. The quantitative estimate of drug-likeness (QED) is 0.178. The summed E-state index contributed by atoms with van der Waals surface area (Å²) in [6.45, 7) is 0. The van der Waals surface area contributed by atoms with E-state index in [1.807, 2.05) is 0 Å². The molecule has 0 aliphatic heterocycles. The lowest BCUT2D eigenvalue weighted by Crippen LogP contribution is -2.37. The zero-order valence-corrected chi connectivity index (χ0v) is 18.5. The highest BCUT2D eigenvalue weighted by Gasteiger charge is 2.45. The van der Waals surface area contributed by atoms with Gasteiger partial charge < -0.3 is 0 Å². The first kappa shape index (κ1) is 27.5. The predicted molar refractivity (Wildman–Crippen MR) is 91.3 cm³/mol. The standard InChI is InChI=1S/C6H7NO18S6/c8-26(9,10)3-1-2(7(30(20,21)22)31(23,24)25)4(27(11,12)13)6(29(17,18)19)5(3)28(14,15)16/h1H,(H,8,9,10)(H,11,12,13)(H,14,15,16)(H,17,18,19)(H,20,21,22)(H,23,24,25). The predicted octanol–water partition coefficient (Wildman–Crippen LogP) is -2.91. The normalized spacial score (nSPS) is 14.4. The smallest absolute Gasteiger partial charge is 0.282 e. The molecular weight excluding hydrogens is 566 g/mol. The molecule has 19 nitrogen and oxygen atoms in total. The Kier molecular flexibility index (Phi) is 6.67. The molecule has 0 bridgehead atoms. The van der Waals surface area contributed by atoms with Crippen LogP contribution in [-0.2, 0) is 61.1 Å². The van der Waals surface area contributed by atoms with Crippen LogP contribution < -0.4 is 3.71 Å². The number of rotatable bonds is 7. The highest BCUT2D eigenvalue weighted by atomic mass is 32.3. The second-order valence-electron chi connectivity index (χ2n) is 4.93. The Morgan fingerprint density at radius 3 is 1.03 bits per heavy atom. The molecule has 31 heavy (non-hydrogen) atoms. The van der Waals surface area contributed by atoms with Crippen molar-refractivity contribution in [3.63, 3.8) is 0 Å². The Labute approximate surface area is 173 Å². The van der Waals surface area contributed by atoms with Crippen molar-refractivity contribution in [2.24, 2.45) is 0 Å². The van der Waals surface area contributed by atoms with Crippen molar-refractivity contribution in [3.8, 4) is 0 Å². The number of benzene rings is 1. The number of anilines is 1. The van der Waals surface area contributed by atoms with Crippen LogP contribution >= 0.6 is 0 Å². The van der Waals surface area contributed by atoms with Gasteiger partial charge in [-0.3, -0.25) is 27.3 Å². The summed E-state index contributed by atoms with van der Waals surface area (Å²) in [7, 11) is -38.4. The molecule has 0 heterocycles. The number of hydrogen-bond acceptors (Lipinski definition) is 12. The molecule has 180 valence electrons. The number of nitrogens with zero attached hydrogens (tertiary/aromatic N) is 1. The van der Waals surface area contributed by atoms with Crippen molar-refractivity contribution in [1.29, 1.82) is 0 Å². The molecule has 0 fully saturated rings. The van der Waals surface area contributed by atoms with Gasteiger partial charge in [0.15, 0.2) is 0 Å². The van der Waals surface area contributed by atoms with Crippen LogP contribution in [0.2, 0.25) is 0 Å². The molecule has 0 aromatic heterocycles. The van der Waals surface area contributed by atoms with E-state index in [4.69, 9.17) is 18.2 Å². The van der Waals surface area contributed by atoms with Crippen LogP contribution in [0, 0.1) is 0 Å². The van der Waals surface area contributed by atoms with Gasteiger partial charge in [-0.05, 0) is 6.07 Å². The fourth-order valence-corrected chi connectivity index (χ4v) is 8.57. The van der Waals surface area contributed by atoms with E-state index in [0.717, 1.165) is 0 Å². The molecule has 0 unspecified atom stereocenters. The minimum atomic E-state index is -6.49. The molecule has 1 aromatic carbocycles. The molecule has 0 aliphatic carbocycles. The summed E-state index contributed by atoms with van der Waals surface area (Å²) in [5.74, 6) is 0. The SMILES string of the molecule is O=S(=O)(O)c1cc(N(S(=O)(=O)O)S(=O)(=O)O)c(S(=O)(=O)O)c(S(=O)(=O)O)c1S(=O)(=O)O. The summed E-state index contributed by atoms with van der Waals surface area (Å²) in [6.07, 6.45) is 0. The van der Waals surface area contributed by atoms with E-state index < -0.39 is 96.1 Å². The lowest BCUT2D eigenvalue weighted by molar-refractivity contribution is 0.446. The van der Waals surface area contributed by atoms with Crippen molar-refractivity contribution in [3.05, 3.63) is 6.07 Å². The van der Waals surface area contributed by atoms with Crippen LogP contribution in [-0.4, -0.2) is 77.8 Å². The van der Waals surface area contributed by atoms with Gasteiger partial charge in [0.1, 0.15) is 19.6 Å². The first-order valence-electron chi connectivity index (χ1n) is 6.08. The summed E-state index contributed by atoms with van der Waals surface area (Å²) in [5.41, 5.74) is -2.56. The van der Waals surface area contributed by atoms with Gasteiger partial charge >= 0.3 is 20.6 Å². The Bertz CT molecular complexity index is 1560. The van der Waals surface area contributed by atoms with Crippen molar-refractivity contribution < 1.29 is 77.8 Å². The van der Waals surface area contributed by atoms with Crippen LogP contribution in [0.3, 0.4) is 0 Å². The molecule has 0 radical (unpaired) electrons. The van der Waals surface area contributed by atoms with Crippen molar-refractivity contribution in [2.75, 3.05) is 3.71 Å². The van der Waals surface area contributed by atoms with E-state index in [9.17, 15) is 59.6 Å². The monoisotopic (exact) mass is 573 g/mol. The van der Waals surface area contributed by atoms with Gasteiger partial charge in [0, 0.05) is 0 Å². The maximum Gasteiger partial charge on any atom is 0.375 e. The largest absolute Gasteiger partial charge is 0.375 e. The Morgan fingerprint density at radius 1 is 0.484 bits per heavy atom. The summed E-state index contributed by atoms with van der Waals surface area (Å²) >= 11 is 0. The summed E-state index contributed by atoms with van der Waals surface area (Å²) < 4.78 is 190. The molecule has 0 saturated carbocycles. The van der Waals surface area contributed by atoms with Gasteiger partial charge in [-0.1, -0.05) is 0 Å². The number of hydrogen-bond donors (Lipinski definition) is 6. The van der Waals surface area contributed by atoms with Gasteiger partial charge in [0.05, 0.1) is 5.69 Å². The maximum atomic E-state index is 11.6. The second-order valence-corrected chi connectivity index (χ2v) is 13.2. The van der Waals surface area contributed by atoms with Crippen LogP contribution in [0.15, 0.2) is 25.6 Å². The summed E-state index contributed by atoms with van der Waals surface area (Å²) in [6, 6.07) is -0.808. The second kappa shape index (κ2) is 7.52. The van der Waals surface area contributed by atoms with Crippen molar-refractivity contribution in [2.45, 2.75) is 19.6 Å². The zero-order valence-electron chi connectivity index (χ0n) is 13.6. The van der Waals surface area contributed by atoms with Crippen LogP contribution in [0.1, 0.15) is 0 Å². The van der Waals surface area contributed by atoms with E-state index in [1.54, 1.807) is 0 Å². The average molecular weight is 574 g/mol. The van der Waals surface area contributed by atoms with Crippen LogP contribution in [0.4, 0.5) is 5.69 Å². The van der Waals surface area contributed by atoms with Crippen molar-refractivity contribution in [1.82, 2.24) is 0 Å². The molecule has 0 atom stereocenters. The van der Waals surface area contributed by atoms with Gasteiger partial charge in [0.2, 0.25) is 0 Å². The fraction of sp³-hybridized carbons (Fsp3) is 0. The molecule has 6 N–H and O–H groups in total. The Morgan fingerprint density at radius 2 is 0.806 bits per heavy atom. The van der Waals surface area contributed by atoms with E-state index >= 15 is 0 Å². The lowest BCUT2D eigenvalue weighted by atomic mass is 10.3. The molecule has 0 saturated heterocycles. The third-order valence-corrected chi connectivity index (χ3v) is 9.22. The molecule has 0 amide bonds. The molecule has 1 aromatic rings. The van der Waals surface area contributed by atoms with E-state index in [0.29, 0.717) is 0 Å². The van der Waals surface area contributed by atoms with Gasteiger partial charge in [0.25, 0.3) is 40.5 Å². The van der Waals surface area contributed by atoms with E-state index in [1.165, 1.54) is 0 Å². The summed E-state index contributed by atoms with van der Waals surface area (Å²) in [4.78, 5) is -10.9. The Balaban J connectivity index is 4.97. The molecule has 1 rings (SSSR count). The molecular formula is C6H7NO18S6. The molecule has 0 aliphatic rings. The lowest BCUT2D eigenvalue weighted by Gasteiger charge is -2.22. The summed E-state index contributed by atoms with van der Waals surface area (Å²) in [5, 5.41) is 0. The van der Waals surface area contributed by atoms with Gasteiger partial charge in [-0.2, -0.15) is 50.5 Å². The molecule has 0 spiro atoms. The first-order valence-corrected chi connectivity index (χ1v) is 14.6. The van der Waals surface area contributed by atoms with E-state index in [2.05, 4.69) is 0 Å². The fourth-order valence-electron chi connectivity index (χ4n) is 2.01. The van der Waals surface area contributed by atoms with Crippen LogP contribution in [0.5, 0.6) is 0 Å². The van der Waals surface area contributed by atoms with Crippen molar-refractivity contribution >= 4 is 66.8 Å². The highest BCUT2D eigenvalue weighted by Crippen LogP contribution is 2.41. The third kappa shape index (κ3) is 5.84. The highest BCUT2D eigenvalue weighted by molar-refractivity contribution is 8.05. The minimum absolute atomic E-state index is 0.808. The Hall–Kier alpha value is -1.52. The maximum absolute atomic E-state index is 11.6. The average Bonchev–Trinajstić information content (AvgIpc) is 2.37. The van der Waals surface area contributed by atoms with Gasteiger partial charge in [-0.25, -0.2) is 0 Å². The third-order valence-electron chi connectivity index (χ3n) is 2.80. The van der Waals surface area contributed by atoms with Gasteiger partial charge in [-0.15, -0.1) is 3.71 Å². The first-order chi connectivity index (χ1) is 13.2. The molecule has 25 heteroatoms. The zero-order chi connectivity index (χ0) is 25.2. The van der Waals surface area contributed by atoms with Crippen LogP contribution in [0.25, 0.3) is 0 Å². The van der Waals surface area contributed by atoms with E-state index in [-0.39, 0.29) is 0 Å².